The summed E-state index contributed by atoms with van der Waals surface area (Å²) < 4.78 is 7.72. The Hall–Kier alpha value is -3.81. The molecule has 1 N–H and O–H groups in total. The number of aryl methyl sites for hydroxylation is 3. The van der Waals surface area contributed by atoms with Crippen LogP contribution in [0.15, 0.2) is 48.9 Å². The smallest absolute Gasteiger partial charge is 0.305 e. The van der Waals surface area contributed by atoms with E-state index in [9.17, 15) is 9.90 Å². The highest BCUT2D eigenvalue weighted by Crippen LogP contribution is 2.28. The maximum absolute atomic E-state index is 11.5. The van der Waals surface area contributed by atoms with Gasteiger partial charge in [-0.3, -0.25) is 14.5 Å². The molecule has 0 amide bonds. The van der Waals surface area contributed by atoms with Crippen molar-refractivity contribution < 1.29 is 14.6 Å². The standard InChI is InChI=1S/C26H27N5O3/c1-17-27-14-20(15-28-17)25(13-26(32)33)31-24-9-8-22(12-19(24)16-29-31)34-11-10-21-7-6-18-4-2-3-5-23(18)30-21/h6-9,12,14-16,25H,2-5,10-11,13H2,1H3,(H,32,33). The number of hydrogen-bond donors (Lipinski definition) is 1. The molecule has 0 bridgehead atoms. The molecule has 1 unspecified atom stereocenters. The van der Waals surface area contributed by atoms with Gasteiger partial charge in [0.1, 0.15) is 11.6 Å². The van der Waals surface area contributed by atoms with Crippen LogP contribution in [0.4, 0.5) is 0 Å². The predicted molar refractivity (Wildman–Crippen MR) is 127 cm³/mol. The third kappa shape index (κ3) is 4.76. The number of pyridine rings is 1. The van der Waals surface area contributed by atoms with Gasteiger partial charge in [0.05, 0.1) is 30.8 Å². The van der Waals surface area contributed by atoms with Gasteiger partial charge in [0.25, 0.3) is 0 Å². The number of carboxylic acid groups (broad SMARTS) is 1. The van der Waals surface area contributed by atoms with Crippen molar-refractivity contribution in [2.45, 2.75) is 51.5 Å². The Morgan fingerprint density at radius 1 is 1.12 bits per heavy atom. The van der Waals surface area contributed by atoms with E-state index in [2.05, 4.69) is 27.2 Å². The minimum absolute atomic E-state index is 0.116. The van der Waals surface area contributed by atoms with E-state index in [1.54, 1.807) is 30.2 Å². The molecule has 5 rings (SSSR count). The molecule has 0 saturated heterocycles. The molecule has 4 aromatic rings. The first-order chi connectivity index (χ1) is 16.6. The molecule has 3 heterocycles. The van der Waals surface area contributed by atoms with Crippen LogP contribution in [0.1, 0.15) is 53.6 Å². The van der Waals surface area contributed by atoms with Gasteiger partial charge in [-0.2, -0.15) is 5.10 Å². The number of benzene rings is 1. The van der Waals surface area contributed by atoms with Crippen LogP contribution < -0.4 is 4.74 Å². The van der Waals surface area contributed by atoms with E-state index in [1.807, 2.05) is 18.2 Å². The molecule has 34 heavy (non-hydrogen) atoms. The van der Waals surface area contributed by atoms with Gasteiger partial charge < -0.3 is 9.84 Å². The highest BCUT2D eigenvalue weighted by Gasteiger charge is 2.21. The average molecular weight is 458 g/mol. The van der Waals surface area contributed by atoms with Gasteiger partial charge in [0.15, 0.2) is 0 Å². The van der Waals surface area contributed by atoms with Crippen LogP contribution in [0, 0.1) is 6.92 Å². The molecule has 0 aliphatic heterocycles. The zero-order valence-corrected chi connectivity index (χ0v) is 19.1. The molecule has 1 aliphatic carbocycles. The minimum Gasteiger partial charge on any atom is -0.493 e. The van der Waals surface area contributed by atoms with Crippen LogP contribution in [0.3, 0.4) is 0 Å². The first-order valence-corrected chi connectivity index (χ1v) is 11.6. The lowest BCUT2D eigenvalue weighted by Crippen LogP contribution is -2.17. The van der Waals surface area contributed by atoms with Gasteiger partial charge in [-0.05, 0) is 62.4 Å². The maximum atomic E-state index is 11.5. The molecule has 0 saturated carbocycles. The van der Waals surface area contributed by atoms with Gasteiger partial charge in [-0.25, -0.2) is 9.97 Å². The summed E-state index contributed by atoms with van der Waals surface area (Å²) >= 11 is 0. The van der Waals surface area contributed by atoms with E-state index in [-0.39, 0.29) is 6.42 Å². The number of hydrogen-bond acceptors (Lipinski definition) is 6. The fourth-order valence-electron chi connectivity index (χ4n) is 4.50. The first-order valence-electron chi connectivity index (χ1n) is 11.6. The molecule has 0 radical (unpaired) electrons. The summed E-state index contributed by atoms with van der Waals surface area (Å²) in [5, 5.41) is 14.8. The van der Waals surface area contributed by atoms with Gasteiger partial charge in [-0.1, -0.05) is 6.07 Å². The highest BCUT2D eigenvalue weighted by molar-refractivity contribution is 5.81. The number of carbonyl (C=O) groups is 1. The first kappa shape index (κ1) is 22.0. The average Bonchev–Trinajstić information content (AvgIpc) is 3.26. The van der Waals surface area contributed by atoms with Crippen molar-refractivity contribution >= 4 is 16.9 Å². The van der Waals surface area contributed by atoms with E-state index >= 15 is 0 Å². The van der Waals surface area contributed by atoms with E-state index in [0.29, 0.717) is 18.0 Å². The summed E-state index contributed by atoms with van der Waals surface area (Å²) in [6.45, 7) is 2.33. The normalized spacial score (nSPS) is 14.0. The quantitative estimate of drug-likeness (QED) is 0.425. The number of fused-ring (bicyclic) bond motifs is 2. The maximum Gasteiger partial charge on any atom is 0.305 e. The van der Waals surface area contributed by atoms with Crippen LogP contribution in [-0.4, -0.2) is 42.4 Å². The Balaban J connectivity index is 1.30. The zero-order chi connectivity index (χ0) is 23.5. The zero-order valence-electron chi connectivity index (χ0n) is 19.1. The molecule has 0 spiro atoms. The van der Waals surface area contributed by atoms with Crippen LogP contribution >= 0.6 is 0 Å². The summed E-state index contributed by atoms with van der Waals surface area (Å²) in [5.41, 5.74) is 5.22. The van der Waals surface area contributed by atoms with Gasteiger partial charge in [0.2, 0.25) is 0 Å². The summed E-state index contributed by atoms with van der Waals surface area (Å²) in [6, 6.07) is 9.56. The summed E-state index contributed by atoms with van der Waals surface area (Å²) in [4.78, 5) is 24.8. The fraction of sp³-hybridized carbons (Fsp3) is 0.346. The molecule has 8 heteroatoms. The second-order valence-electron chi connectivity index (χ2n) is 8.70. The molecule has 1 atom stereocenters. The van der Waals surface area contributed by atoms with Gasteiger partial charge in [-0.15, -0.1) is 0 Å². The number of ether oxygens (including phenoxy) is 1. The van der Waals surface area contributed by atoms with Crippen molar-refractivity contribution in [3.63, 3.8) is 0 Å². The third-order valence-corrected chi connectivity index (χ3v) is 6.28. The van der Waals surface area contributed by atoms with Crippen LogP contribution in [0.25, 0.3) is 10.9 Å². The monoisotopic (exact) mass is 457 g/mol. The second-order valence-corrected chi connectivity index (χ2v) is 8.70. The van der Waals surface area contributed by atoms with Crippen LogP contribution in [-0.2, 0) is 24.1 Å². The highest BCUT2D eigenvalue weighted by atomic mass is 16.5. The lowest BCUT2D eigenvalue weighted by atomic mass is 9.96. The lowest BCUT2D eigenvalue weighted by molar-refractivity contribution is -0.137. The van der Waals surface area contributed by atoms with E-state index in [0.717, 1.165) is 41.6 Å². The topological polar surface area (TPSA) is 103 Å². The molecule has 0 fully saturated rings. The molecule has 8 nitrogen and oxygen atoms in total. The van der Waals surface area contributed by atoms with E-state index in [1.165, 1.54) is 24.1 Å². The summed E-state index contributed by atoms with van der Waals surface area (Å²) in [5.74, 6) is 0.471. The molecular formula is C26H27N5O3. The van der Waals surface area contributed by atoms with Crippen molar-refractivity contribution in [3.05, 3.63) is 77.3 Å². The van der Waals surface area contributed by atoms with Crippen molar-refractivity contribution in [1.29, 1.82) is 0 Å². The minimum atomic E-state index is -0.912. The van der Waals surface area contributed by atoms with Crippen LogP contribution in [0.2, 0.25) is 0 Å². The predicted octanol–water partition coefficient (Wildman–Crippen LogP) is 4.09. The number of aromatic nitrogens is 5. The number of carboxylic acids is 1. The Labute approximate surface area is 197 Å². The molecular weight excluding hydrogens is 430 g/mol. The Kier molecular flexibility index (Phi) is 6.20. The Morgan fingerprint density at radius 2 is 1.94 bits per heavy atom. The third-order valence-electron chi connectivity index (χ3n) is 6.28. The molecule has 1 aromatic carbocycles. The number of aliphatic carboxylic acids is 1. The van der Waals surface area contributed by atoms with E-state index < -0.39 is 12.0 Å². The molecule has 174 valence electrons. The second kappa shape index (κ2) is 9.59. The van der Waals surface area contributed by atoms with Crippen molar-refractivity contribution in [3.8, 4) is 5.75 Å². The Morgan fingerprint density at radius 3 is 2.76 bits per heavy atom. The van der Waals surface area contributed by atoms with E-state index in [4.69, 9.17) is 9.72 Å². The van der Waals surface area contributed by atoms with Crippen molar-refractivity contribution in [1.82, 2.24) is 24.7 Å². The fourth-order valence-corrected chi connectivity index (χ4v) is 4.50. The number of nitrogens with zero attached hydrogens (tertiary/aromatic N) is 5. The SMILES string of the molecule is Cc1ncc(C(CC(=O)O)n2ncc3cc(OCCc4ccc5c(n4)CCCC5)ccc32)cn1. The van der Waals surface area contributed by atoms with Crippen molar-refractivity contribution in [2.75, 3.05) is 6.61 Å². The van der Waals surface area contributed by atoms with Crippen molar-refractivity contribution in [2.24, 2.45) is 0 Å². The molecule has 1 aliphatic rings. The summed E-state index contributed by atoms with van der Waals surface area (Å²) in [7, 11) is 0. The number of rotatable bonds is 8. The molecule has 3 aromatic heterocycles. The largest absolute Gasteiger partial charge is 0.493 e. The lowest BCUT2D eigenvalue weighted by Gasteiger charge is -2.17. The van der Waals surface area contributed by atoms with Gasteiger partial charge >= 0.3 is 5.97 Å². The van der Waals surface area contributed by atoms with Crippen LogP contribution in [0.5, 0.6) is 5.75 Å². The summed E-state index contributed by atoms with van der Waals surface area (Å²) in [6.07, 6.45) is 10.4. The van der Waals surface area contributed by atoms with Gasteiger partial charge in [0, 0.05) is 41.2 Å². The Bertz CT molecular complexity index is 1320.